The predicted octanol–water partition coefficient (Wildman–Crippen LogP) is 2.17. The smallest absolute Gasteiger partial charge is 0.214 e. The van der Waals surface area contributed by atoms with E-state index >= 15 is 0 Å². The summed E-state index contributed by atoms with van der Waals surface area (Å²) in [6, 6.07) is 7.25. The number of hydrogen-bond acceptors (Lipinski definition) is 4. The Balaban J connectivity index is 2.04. The molecule has 2 aromatic rings. The average molecular weight is 280 g/mol. The summed E-state index contributed by atoms with van der Waals surface area (Å²) < 4.78 is 31.0. The zero-order chi connectivity index (χ0) is 13.9. The molecule has 0 spiro atoms. The minimum absolute atomic E-state index is 0.242. The summed E-state index contributed by atoms with van der Waals surface area (Å²) in [5.74, 6) is 0.689. The average Bonchev–Trinajstić information content (AvgIpc) is 2.91. The molecule has 0 fully saturated rings. The largest absolute Gasteiger partial charge is 0.463 e. The summed E-state index contributed by atoms with van der Waals surface area (Å²) in [6.45, 7) is 3.52. The molecule has 2 rings (SSSR count). The van der Waals surface area contributed by atoms with Crippen molar-refractivity contribution in [2.45, 2.75) is 25.6 Å². The lowest BCUT2D eigenvalue weighted by molar-refractivity contribution is 0.571. The second-order valence-corrected chi connectivity index (χ2v) is 6.77. The first-order chi connectivity index (χ1) is 8.99. The zero-order valence-electron chi connectivity index (χ0n) is 10.8. The van der Waals surface area contributed by atoms with E-state index in [0.29, 0.717) is 5.76 Å². The Morgan fingerprint density at radius 2 is 2.11 bits per heavy atom. The van der Waals surface area contributed by atoms with Crippen molar-refractivity contribution in [2.24, 2.45) is 0 Å². The van der Waals surface area contributed by atoms with Gasteiger partial charge in [-0.15, -0.1) is 0 Å². The molecule has 0 saturated carbocycles. The van der Waals surface area contributed by atoms with Gasteiger partial charge in [-0.3, -0.25) is 4.98 Å². The van der Waals surface area contributed by atoms with Crippen LogP contribution in [0.4, 0.5) is 0 Å². The van der Waals surface area contributed by atoms with Crippen LogP contribution in [0.15, 0.2) is 41.1 Å². The summed E-state index contributed by atoms with van der Waals surface area (Å²) in [5, 5.41) is -0.442. The maximum atomic E-state index is 11.6. The highest BCUT2D eigenvalue weighted by molar-refractivity contribution is 7.90. The number of rotatable bonds is 5. The van der Waals surface area contributed by atoms with Crippen LogP contribution in [0.2, 0.25) is 0 Å². The van der Waals surface area contributed by atoms with Crippen molar-refractivity contribution >= 4 is 10.0 Å². The standard InChI is InChI=1S/C13H16N2O3S/c1-10(2)19(16,17)15-9-11-5-6-12(14-8-11)13-4-3-7-18-13/h3-8,10,15H,9H2,1-2H3. The number of hydrogen-bond donors (Lipinski definition) is 1. The molecule has 0 aliphatic carbocycles. The van der Waals surface area contributed by atoms with E-state index in [9.17, 15) is 8.42 Å². The second-order valence-electron chi connectivity index (χ2n) is 4.44. The minimum Gasteiger partial charge on any atom is -0.463 e. The molecule has 0 aromatic carbocycles. The summed E-state index contributed by atoms with van der Waals surface area (Å²) in [6.07, 6.45) is 3.22. The third kappa shape index (κ3) is 3.42. The van der Waals surface area contributed by atoms with Gasteiger partial charge in [0.05, 0.1) is 11.5 Å². The van der Waals surface area contributed by atoms with Crippen LogP contribution in [-0.2, 0) is 16.6 Å². The van der Waals surface area contributed by atoms with Crippen molar-refractivity contribution in [1.29, 1.82) is 0 Å². The Bertz CT molecular complexity index is 616. The highest BCUT2D eigenvalue weighted by Gasteiger charge is 2.14. The van der Waals surface area contributed by atoms with E-state index in [2.05, 4.69) is 9.71 Å². The molecule has 102 valence electrons. The third-order valence-corrected chi connectivity index (χ3v) is 4.48. The summed E-state index contributed by atoms with van der Waals surface area (Å²) in [7, 11) is -3.25. The maximum absolute atomic E-state index is 11.6. The first-order valence-corrected chi connectivity index (χ1v) is 7.51. The van der Waals surface area contributed by atoms with Crippen LogP contribution in [0.3, 0.4) is 0 Å². The molecule has 2 aromatic heterocycles. The molecule has 0 radical (unpaired) electrons. The van der Waals surface area contributed by atoms with Gasteiger partial charge in [-0.05, 0) is 37.6 Å². The molecule has 0 bridgehead atoms. The van der Waals surface area contributed by atoms with Gasteiger partial charge in [-0.2, -0.15) is 0 Å². The molecule has 0 unspecified atom stereocenters. The fourth-order valence-corrected chi connectivity index (χ4v) is 2.15. The maximum Gasteiger partial charge on any atom is 0.214 e. The SMILES string of the molecule is CC(C)S(=O)(=O)NCc1ccc(-c2ccco2)nc1. The van der Waals surface area contributed by atoms with Crippen LogP contribution in [-0.4, -0.2) is 18.7 Å². The second kappa shape index (κ2) is 5.54. The molecule has 0 aliphatic heterocycles. The van der Waals surface area contributed by atoms with Gasteiger partial charge in [-0.1, -0.05) is 6.07 Å². The number of furan rings is 1. The van der Waals surface area contributed by atoms with Crippen molar-refractivity contribution in [3.63, 3.8) is 0 Å². The lowest BCUT2D eigenvalue weighted by Crippen LogP contribution is -2.30. The number of sulfonamides is 1. The number of nitrogens with zero attached hydrogens (tertiary/aromatic N) is 1. The molecule has 5 nitrogen and oxygen atoms in total. The van der Waals surface area contributed by atoms with E-state index in [-0.39, 0.29) is 6.54 Å². The van der Waals surface area contributed by atoms with Crippen molar-refractivity contribution in [1.82, 2.24) is 9.71 Å². The fourth-order valence-electron chi connectivity index (χ4n) is 1.45. The topological polar surface area (TPSA) is 72.2 Å². The van der Waals surface area contributed by atoms with Gasteiger partial charge in [0.15, 0.2) is 5.76 Å². The van der Waals surface area contributed by atoms with Gasteiger partial charge in [0.25, 0.3) is 0 Å². The Morgan fingerprint density at radius 3 is 2.63 bits per heavy atom. The van der Waals surface area contributed by atoms with Crippen LogP contribution in [0.1, 0.15) is 19.4 Å². The molecule has 1 N–H and O–H groups in total. The van der Waals surface area contributed by atoms with E-state index < -0.39 is 15.3 Å². The van der Waals surface area contributed by atoms with Gasteiger partial charge >= 0.3 is 0 Å². The van der Waals surface area contributed by atoms with Gasteiger partial charge in [0.1, 0.15) is 5.69 Å². The van der Waals surface area contributed by atoms with Crippen molar-refractivity contribution in [3.05, 3.63) is 42.3 Å². The quantitative estimate of drug-likeness (QED) is 0.911. The van der Waals surface area contributed by atoms with Crippen molar-refractivity contribution in [2.75, 3.05) is 0 Å². The number of nitrogens with one attached hydrogen (secondary N) is 1. The molecular formula is C13H16N2O3S. The molecule has 0 saturated heterocycles. The lowest BCUT2D eigenvalue weighted by atomic mass is 10.2. The van der Waals surface area contributed by atoms with Gasteiger partial charge in [0, 0.05) is 12.7 Å². The number of pyridine rings is 1. The lowest BCUT2D eigenvalue weighted by Gasteiger charge is -2.09. The summed E-state index contributed by atoms with van der Waals surface area (Å²) >= 11 is 0. The predicted molar refractivity (Wildman–Crippen MR) is 72.8 cm³/mol. The van der Waals surface area contributed by atoms with E-state index in [1.807, 2.05) is 12.1 Å². The van der Waals surface area contributed by atoms with Crippen LogP contribution < -0.4 is 4.72 Å². The van der Waals surface area contributed by atoms with E-state index in [1.165, 1.54) is 0 Å². The van der Waals surface area contributed by atoms with Crippen LogP contribution in [0.5, 0.6) is 0 Å². The Kier molecular flexibility index (Phi) is 4.01. The van der Waals surface area contributed by atoms with Crippen molar-refractivity contribution < 1.29 is 12.8 Å². The van der Waals surface area contributed by atoms with Crippen molar-refractivity contribution in [3.8, 4) is 11.5 Å². The normalized spacial score (nSPS) is 11.9. The molecule has 0 aliphatic rings. The van der Waals surface area contributed by atoms with E-state index in [0.717, 1.165) is 11.3 Å². The minimum atomic E-state index is -3.25. The van der Waals surface area contributed by atoms with E-state index in [4.69, 9.17) is 4.42 Å². The summed E-state index contributed by atoms with van der Waals surface area (Å²) in [5.41, 5.74) is 1.53. The van der Waals surface area contributed by atoms with Crippen LogP contribution in [0.25, 0.3) is 11.5 Å². The van der Waals surface area contributed by atoms with Gasteiger partial charge in [-0.25, -0.2) is 13.1 Å². The van der Waals surface area contributed by atoms with Crippen LogP contribution in [0, 0.1) is 0 Å². The van der Waals surface area contributed by atoms with E-state index in [1.54, 1.807) is 38.4 Å². The molecule has 0 amide bonds. The Morgan fingerprint density at radius 1 is 1.32 bits per heavy atom. The molecule has 19 heavy (non-hydrogen) atoms. The first kappa shape index (κ1) is 13.8. The Labute approximate surface area is 112 Å². The van der Waals surface area contributed by atoms with Crippen LogP contribution >= 0.6 is 0 Å². The molecule has 2 heterocycles. The number of aromatic nitrogens is 1. The first-order valence-electron chi connectivity index (χ1n) is 5.96. The zero-order valence-corrected chi connectivity index (χ0v) is 11.6. The fraction of sp³-hybridized carbons (Fsp3) is 0.308. The molecular weight excluding hydrogens is 264 g/mol. The Hall–Kier alpha value is -1.66. The monoisotopic (exact) mass is 280 g/mol. The van der Waals surface area contributed by atoms with Gasteiger partial charge in [0.2, 0.25) is 10.0 Å². The third-order valence-electron chi connectivity index (χ3n) is 2.70. The molecule has 0 atom stereocenters. The highest BCUT2D eigenvalue weighted by Crippen LogP contribution is 2.17. The molecule has 6 heteroatoms. The van der Waals surface area contributed by atoms with Gasteiger partial charge < -0.3 is 4.42 Å². The summed E-state index contributed by atoms with van der Waals surface area (Å²) in [4.78, 5) is 4.24. The highest BCUT2D eigenvalue weighted by atomic mass is 32.2.